The minimum atomic E-state index is 1.06. The van der Waals surface area contributed by atoms with Gasteiger partial charge < -0.3 is 0 Å². The summed E-state index contributed by atoms with van der Waals surface area (Å²) in [4.78, 5) is 0. The molecule has 0 radical (unpaired) electrons. The third kappa shape index (κ3) is 0.328. The molecule has 0 fully saturated rings. The highest BCUT2D eigenvalue weighted by Crippen LogP contribution is 2.29. The Hall–Kier alpha value is -1.31. The quantitative estimate of drug-likeness (QED) is 0.490. The van der Waals surface area contributed by atoms with Crippen LogP contribution >= 0.6 is 0 Å². The molecule has 0 saturated heterocycles. The van der Waals surface area contributed by atoms with E-state index in [2.05, 4.69) is 28.4 Å². The normalized spacial score (nSPS) is 13.6. The van der Waals surface area contributed by atoms with Gasteiger partial charge in [-0.1, -0.05) is 18.2 Å². The van der Waals surface area contributed by atoms with Gasteiger partial charge in [-0.25, -0.2) is 0 Å². The second-order valence-electron chi connectivity index (χ2n) is 2.69. The molecule has 2 nitrogen and oxygen atoms in total. The Kier molecular flexibility index (Phi) is 0.556. The van der Waals surface area contributed by atoms with Gasteiger partial charge in [0.2, 0.25) is 0 Å². The Morgan fingerprint density at radius 3 is 3.20 bits per heavy atom. The first-order chi connectivity index (χ1) is 4.95. The Labute approximate surface area is 57.9 Å². The summed E-state index contributed by atoms with van der Waals surface area (Å²) in [6, 6.07) is 6.34. The summed E-state index contributed by atoms with van der Waals surface area (Å²) < 4.78 is 0. The van der Waals surface area contributed by atoms with Crippen molar-refractivity contribution in [1.29, 1.82) is 0 Å². The first kappa shape index (κ1) is 4.50. The van der Waals surface area contributed by atoms with Gasteiger partial charge in [0, 0.05) is 17.5 Å². The van der Waals surface area contributed by atoms with E-state index in [1.165, 1.54) is 16.6 Å². The summed E-state index contributed by atoms with van der Waals surface area (Å²) in [5.41, 5.74) is 3.80. The minimum absolute atomic E-state index is 1.06. The van der Waals surface area contributed by atoms with Crippen molar-refractivity contribution in [3.8, 4) is 0 Å². The molecule has 10 heavy (non-hydrogen) atoms. The van der Waals surface area contributed by atoms with Crippen molar-refractivity contribution in [2.45, 2.75) is 6.42 Å². The molecule has 0 spiro atoms. The highest BCUT2D eigenvalue weighted by Gasteiger charge is 2.16. The van der Waals surface area contributed by atoms with E-state index in [-0.39, 0.29) is 0 Å². The predicted molar refractivity (Wildman–Crippen MR) is 38.9 cm³/mol. The molecule has 1 N–H and O–H groups in total. The van der Waals surface area contributed by atoms with Crippen LogP contribution in [-0.4, -0.2) is 10.2 Å². The lowest BCUT2D eigenvalue weighted by Crippen LogP contribution is -1.87. The van der Waals surface area contributed by atoms with E-state index in [0.717, 1.165) is 11.9 Å². The summed E-state index contributed by atoms with van der Waals surface area (Å²) in [5.74, 6) is 0. The van der Waals surface area contributed by atoms with Crippen molar-refractivity contribution >= 4 is 10.9 Å². The van der Waals surface area contributed by atoms with E-state index in [9.17, 15) is 0 Å². The molecule has 0 saturated carbocycles. The monoisotopic (exact) mass is 130 g/mol. The molecule has 1 aliphatic carbocycles. The predicted octanol–water partition coefficient (Wildman–Crippen LogP) is 1.47. The maximum atomic E-state index is 4.16. The smallest absolute Gasteiger partial charge is 0.0959 e. The molecule has 1 heterocycles. The van der Waals surface area contributed by atoms with Gasteiger partial charge in [-0.15, -0.1) is 0 Å². The van der Waals surface area contributed by atoms with E-state index in [1.54, 1.807) is 0 Å². The van der Waals surface area contributed by atoms with Crippen LogP contribution in [0.1, 0.15) is 11.3 Å². The number of nitrogens with one attached hydrogen (secondary N) is 1. The minimum Gasteiger partial charge on any atom is -0.281 e. The Morgan fingerprint density at radius 2 is 2.40 bits per heavy atom. The molecule has 1 aromatic carbocycles. The van der Waals surface area contributed by atoms with Gasteiger partial charge in [0.1, 0.15) is 0 Å². The zero-order chi connectivity index (χ0) is 6.55. The molecule has 0 atom stereocenters. The van der Waals surface area contributed by atoms with E-state index in [1.807, 2.05) is 0 Å². The lowest BCUT2D eigenvalue weighted by atomic mass is 10.2. The molecule has 0 amide bonds. The highest BCUT2D eigenvalue weighted by atomic mass is 15.1. The van der Waals surface area contributed by atoms with Crippen LogP contribution in [0.15, 0.2) is 18.2 Å². The molecule has 1 aliphatic rings. The van der Waals surface area contributed by atoms with Gasteiger partial charge in [-0.05, 0) is 5.56 Å². The third-order valence-electron chi connectivity index (χ3n) is 2.11. The summed E-state index contributed by atoms with van der Waals surface area (Å²) in [5, 5.41) is 8.47. The molecular formula is C8H6N2. The first-order valence-corrected chi connectivity index (χ1v) is 3.40. The average molecular weight is 130 g/mol. The maximum absolute atomic E-state index is 4.16. The first-order valence-electron chi connectivity index (χ1n) is 3.40. The summed E-state index contributed by atoms with van der Waals surface area (Å²) in [6.45, 7) is 0. The van der Waals surface area contributed by atoms with E-state index >= 15 is 0 Å². The fourth-order valence-corrected chi connectivity index (χ4v) is 1.62. The van der Waals surface area contributed by atoms with Crippen LogP contribution in [0, 0.1) is 0 Å². The van der Waals surface area contributed by atoms with E-state index in [0.29, 0.717) is 0 Å². The Morgan fingerprint density at radius 1 is 1.40 bits per heavy atom. The Balaban J connectivity index is 2.73. The molecule has 0 unspecified atom stereocenters. The number of rotatable bonds is 0. The highest BCUT2D eigenvalue weighted by molar-refractivity contribution is 5.89. The third-order valence-corrected chi connectivity index (χ3v) is 2.11. The van der Waals surface area contributed by atoms with Crippen molar-refractivity contribution < 1.29 is 0 Å². The van der Waals surface area contributed by atoms with Crippen LogP contribution in [0.25, 0.3) is 10.9 Å². The topological polar surface area (TPSA) is 28.7 Å². The van der Waals surface area contributed by atoms with Crippen LogP contribution in [0.4, 0.5) is 0 Å². The van der Waals surface area contributed by atoms with Crippen molar-refractivity contribution in [2.75, 3.05) is 0 Å². The standard InChI is InChI=1S/C8H6N2/c1-2-5-4-7-6(3-1)8(5)10-9-7/h1-3H,4H2,(H,9,10). The number of nitrogens with zero attached hydrogens (tertiary/aromatic N) is 1. The number of aromatic nitrogens is 2. The summed E-state index contributed by atoms with van der Waals surface area (Å²) in [7, 11) is 0. The molecule has 0 aliphatic heterocycles. The SMILES string of the molecule is c1cc2c3n[nH]c(c3c1)C2. The number of hydrogen-bond donors (Lipinski definition) is 1. The molecule has 2 aromatic rings. The van der Waals surface area contributed by atoms with E-state index in [4.69, 9.17) is 0 Å². The maximum Gasteiger partial charge on any atom is 0.0959 e. The average Bonchev–Trinajstić information content (AvgIpc) is 2.44. The summed E-state index contributed by atoms with van der Waals surface area (Å²) >= 11 is 0. The van der Waals surface area contributed by atoms with E-state index < -0.39 is 0 Å². The van der Waals surface area contributed by atoms with Crippen molar-refractivity contribution in [3.63, 3.8) is 0 Å². The van der Waals surface area contributed by atoms with Crippen LogP contribution < -0.4 is 0 Å². The van der Waals surface area contributed by atoms with Gasteiger partial charge in [0.05, 0.1) is 5.52 Å². The fraction of sp³-hybridized carbons (Fsp3) is 0.125. The zero-order valence-corrected chi connectivity index (χ0v) is 5.39. The van der Waals surface area contributed by atoms with Crippen LogP contribution in [-0.2, 0) is 6.42 Å². The largest absolute Gasteiger partial charge is 0.281 e. The Bertz CT molecular complexity index is 401. The van der Waals surface area contributed by atoms with Gasteiger partial charge in [-0.3, -0.25) is 5.10 Å². The lowest BCUT2D eigenvalue weighted by Gasteiger charge is -1.92. The number of hydrogen-bond acceptors (Lipinski definition) is 1. The summed E-state index contributed by atoms with van der Waals surface area (Å²) in [6.07, 6.45) is 1.06. The lowest BCUT2D eigenvalue weighted by molar-refractivity contribution is 0.984. The van der Waals surface area contributed by atoms with Gasteiger partial charge in [-0.2, -0.15) is 5.10 Å². The fourth-order valence-electron chi connectivity index (χ4n) is 1.62. The number of aromatic amines is 1. The van der Waals surface area contributed by atoms with Crippen LogP contribution in [0.5, 0.6) is 0 Å². The second kappa shape index (κ2) is 1.24. The van der Waals surface area contributed by atoms with Gasteiger partial charge >= 0.3 is 0 Å². The second-order valence-corrected chi connectivity index (χ2v) is 2.69. The molecule has 48 valence electrons. The van der Waals surface area contributed by atoms with Gasteiger partial charge in [0.25, 0.3) is 0 Å². The van der Waals surface area contributed by atoms with Gasteiger partial charge in [0.15, 0.2) is 0 Å². The van der Waals surface area contributed by atoms with Crippen molar-refractivity contribution in [2.24, 2.45) is 0 Å². The number of H-pyrrole nitrogens is 1. The molecular weight excluding hydrogens is 124 g/mol. The zero-order valence-electron chi connectivity index (χ0n) is 5.39. The van der Waals surface area contributed by atoms with Crippen LogP contribution in [0.3, 0.4) is 0 Å². The molecule has 2 heteroatoms. The number of para-hydroxylation sites is 1. The molecule has 4 bridgehead atoms. The van der Waals surface area contributed by atoms with Crippen molar-refractivity contribution in [3.05, 3.63) is 29.5 Å². The van der Waals surface area contributed by atoms with Crippen molar-refractivity contribution in [1.82, 2.24) is 10.2 Å². The number of benzene rings is 1. The molecule has 3 rings (SSSR count). The molecule has 1 aromatic heterocycles. The van der Waals surface area contributed by atoms with Crippen LogP contribution in [0.2, 0.25) is 0 Å².